The quantitative estimate of drug-likeness (QED) is 0.577. The van der Waals surface area contributed by atoms with E-state index in [0.29, 0.717) is 27.4 Å². The number of rotatable bonds is 7. The minimum Gasteiger partial charge on any atom is -0.484 e. The van der Waals surface area contributed by atoms with Crippen molar-refractivity contribution in [3.05, 3.63) is 65.2 Å². The molecule has 3 aromatic rings. The topological polar surface area (TPSA) is 69.0 Å². The van der Waals surface area contributed by atoms with E-state index in [1.807, 2.05) is 12.1 Å². The SMILES string of the molecule is C[C@@H](Sc1nnc(COc2ccccc2Cl)n1C)C(=O)Nc1ccc(F)cc1. The van der Waals surface area contributed by atoms with Crippen molar-refractivity contribution >= 4 is 35.0 Å². The number of thioether (sulfide) groups is 1. The lowest BCUT2D eigenvalue weighted by molar-refractivity contribution is -0.115. The number of ether oxygens (including phenoxy) is 1. The standard InChI is InChI=1S/C19H18ClFN4O2S/c1-12(18(26)22-14-9-7-13(21)8-10-14)28-19-24-23-17(25(19)2)11-27-16-6-4-3-5-15(16)20/h3-10,12H,11H2,1-2H3,(H,22,26)/t12-/m1/s1. The molecule has 0 aliphatic rings. The molecule has 2 aromatic carbocycles. The molecular formula is C19H18ClFN4O2S. The first-order chi connectivity index (χ1) is 13.4. The van der Waals surface area contributed by atoms with E-state index in [1.165, 1.54) is 36.0 Å². The number of hydrogen-bond acceptors (Lipinski definition) is 5. The Labute approximate surface area is 171 Å². The van der Waals surface area contributed by atoms with Crippen LogP contribution in [0.3, 0.4) is 0 Å². The molecule has 0 aliphatic heterocycles. The van der Waals surface area contributed by atoms with Gasteiger partial charge in [0.1, 0.15) is 18.2 Å². The Morgan fingerprint density at radius 1 is 1.25 bits per heavy atom. The Hall–Kier alpha value is -2.58. The molecule has 0 fully saturated rings. The van der Waals surface area contributed by atoms with E-state index in [9.17, 15) is 9.18 Å². The van der Waals surface area contributed by atoms with Crippen LogP contribution in [0.2, 0.25) is 5.02 Å². The predicted octanol–water partition coefficient (Wildman–Crippen LogP) is 4.31. The second-order valence-corrected chi connectivity index (χ2v) is 7.65. The zero-order chi connectivity index (χ0) is 20.1. The fourth-order valence-electron chi connectivity index (χ4n) is 2.27. The molecule has 0 bridgehead atoms. The van der Waals surface area contributed by atoms with Crippen LogP contribution in [-0.2, 0) is 18.4 Å². The number of nitrogens with zero attached hydrogens (tertiary/aromatic N) is 3. The maximum atomic E-state index is 13.0. The van der Waals surface area contributed by atoms with Gasteiger partial charge in [-0.25, -0.2) is 4.39 Å². The van der Waals surface area contributed by atoms with E-state index in [0.717, 1.165) is 0 Å². The predicted molar refractivity (Wildman–Crippen MR) is 107 cm³/mol. The van der Waals surface area contributed by atoms with E-state index in [1.54, 1.807) is 30.7 Å². The van der Waals surface area contributed by atoms with E-state index < -0.39 is 5.25 Å². The molecule has 1 amide bonds. The third kappa shape index (κ3) is 5.02. The molecule has 0 saturated heterocycles. The van der Waals surface area contributed by atoms with Crippen LogP contribution < -0.4 is 10.1 Å². The van der Waals surface area contributed by atoms with Crippen LogP contribution in [0.4, 0.5) is 10.1 Å². The summed E-state index contributed by atoms with van der Waals surface area (Å²) in [6, 6.07) is 12.8. The normalized spacial score (nSPS) is 11.9. The number of amides is 1. The number of aromatic nitrogens is 3. The number of benzene rings is 2. The van der Waals surface area contributed by atoms with Gasteiger partial charge < -0.3 is 14.6 Å². The fraction of sp³-hybridized carbons (Fsp3) is 0.211. The van der Waals surface area contributed by atoms with Crippen LogP contribution in [0.25, 0.3) is 0 Å². The average molecular weight is 421 g/mol. The Bertz CT molecular complexity index is 965. The molecule has 0 radical (unpaired) electrons. The number of para-hydroxylation sites is 1. The van der Waals surface area contributed by atoms with Gasteiger partial charge in [0, 0.05) is 12.7 Å². The second-order valence-electron chi connectivity index (χ2n) is 5.93. The highest BCUT2D eigenvalue weighted by Gasteiger charge is 2.19. The molecule has 0 saturated carbocycles. The summed E-state index contributed by atoms with van der Waals surface area (Å²) in [6.07, 6.45) is 0. The van der Waals surface area contributed by atoms with Crippen molar-refractivity contribution in [3.8, 4) is 5.75 Å². The Balaban J connectivity index is 1.59. The van der Waals surface area contributed by atoms with Gasteiger partial charge in [0.05, 0.1) is 10.3 Å². The van der Waals surface area contributed by atoms with Crippen LogP contribution in [0.15, 0.2) is 53.7 Å². The average Bonchev–Trinajstić information content (AvgIpc) is 3.02. The molecule has 1 aromatic heterocycles. The first-order valence-electron chi connectivity index (χ1n) is 8.42. The van der Waals surface area contributed by atoms with Gasteiger partial charge in [-0.05, 0) is 43.3 Å². The second kappa shape index (κ2) is 9.07. The van der Waals surface area contributed by atoms with Gasteiger partial charge in [-0.15, -0.1) is 10.2 Å². The van der Waals surface area contributed by atoms with Gasteiger partial charge in [-0.3, -0.25) is 4.79 Å². The summed E-state index contributed by atoms with van der Waals surface area (Å²) >= 11 is 7.35. The molecule has 1 N–H and O–H groups in total. The highest BCUT2D eigenvalue weighted by Crippen LogP contribution is 2.25. The van der Waals surface area contributed by atoms with E-state index in [2.05, 4.69) is 15.5 Å². The summed E-state index contributed by atoms with van der Waals surface area (Å²) in [6.45, 7) is 1.96. The molecule has 1 atom stereocenters. The van der Waals surface area contributed by atoms with Crippen LogP contribution in [0.5, 0.6) is 5.75 Å². The van der Waals surface area contributed by atoms with Gasteiger partial charge in [0.2, 0.25) is 5.91 Å². The number of carbonyl (C=O) groups excluding carboxylic acids is 1. The van der Waals surface area contributed by atoms with Crippen molar-refractivity contribution in [2.45, 2.75) is 23.9 Å². The highest BCUT2D eigenvalue weighted by molar-refractivity contribution is 8.00. The fourth-order valence-corrected chi connectivity index (χ4v) is 3.29. The third-order valence-electron chi connectivity index (χ3n) is 3.88. The minimum atomic E-state index is -0.426. The van der Waals surface area contributed by atoms with Gasteiger partial charge in [-0.2, -0.15) is 0 Å². The highest BCUT2D eigenvalue weighted by atomic mass is 35.5. The number of halogens is 2. The molecule has 146 valence electrons. The van der Waals surface area contributed by atoms with Crippen molar-refractivity contribution in [1.82, 2.24) is 14.8 Å². The third-order valence-corrected chi connectivity index (χ3v) is 5.33. The molecule has 3 rings (SSSR count). The largest absolute Gasteiger partial charge is 0.484 e. The summed E-state index contributed by atoms with van der Waals surface area (Å²) in [5.41, 5.74) is 0.533. The van der Waals surface area contributed by atoms with Crippen LogP contribution in [0.1, 0.15) is 12.7 Å². The Morgan fingerprint density at radius 2 is 1.96 bits per heavy atom. The van der Waals surface area contributed by atoms with Crippen LogP contribution >= 0.6 is 23.4 Å². The first-order valence-corrected chi connectivity index (χ1v) is 9.68. The number of hydrogen-bond donors (Lipinski definition) is 1. The molecule has 1 heterocycles. The van der Waals surface area contributed by atoms with Crippen molar-refractivity contribution in [1.29, 1.82) is 0 Å². The Kier molecular flexibility index (Phi) is 6.53. The lowest BCUT2D eigenvalue weighted by Gasteiger charge is -2.12. The summed E-state index contributed by atoms with van der Waals surface area (Å²) in [5, 5.41) is 11.7. The Morgan fingerprint density at radius 3 is 2.68 bits per heavy atom. The maximum Gasteiger partial charge on any atom is 0.237 e. The van der Waals surface area contributed by atoms with Crippen molar-refractivity contribution in [2.75, 3.05) is 5.32 Å². The zero-order valence-corrected chi connectivity index (χ0v) is 16.8. The molecule has 0 spiro atoms. The van der Waals surface area contributed by atoms with E-state index in [4.69, 9.17) is 16.3 Å². The monoisotopic (exact) mass is 420 g/mol. The van der Waals surface area contributed by atoms with Gasteiger partial charge >= 0.3 is 0 Å². The minimum absolute atomic E-state index is 0.198. The molecule has 0 unspecified atom stereocenters. The summed E-state index contributed by atoms with van der Waals surface area (Å²) in [4.78, 5) is 12.3. The lowest BCUT2D eigenvalue weighted by Crippen LogP contribution is -2.22. The number of nitrogens with one attached hydrogen (secondary N) is 1. The van der Waals surface area contributed by atoms with Crippen molar-refractivity contribution in [3.63, 3.8) is 0 Å². The molecule has 9 heteroatoms. The summed E-state index contributed by atoms with van der Waals surface area (Å²) < 4.78 is 20.4. The van der Waals surface area contributed by atoms with Crippen LogP contribution in [0, 0.1) is 5.82 Å². The summed E-state index contributed by atoms with van der Waals surface area (Å²) in [5.74, 6) is 0.599. The lowest BCUT2D eigenvalue weighted by atomic mass is 10.3. The first kappa shape index (κ1) is 20.2. The molecule has 0 aliphatic carbocycles. The van der Waals surface area contributed by atoms with E-state index in [-0.39, 0.29) is 18.3 Å². The van der Waals surface area contributed by atoms with E-state index >= 15 is 0 Å². The number of carbonyl (C=O) groups is 1. The van der Waals surface area contributed by atoms with Gasteiger partial charge in [-0.1, -0.05) is 35.5 Å². The van der Waals surface area contributed by atoms with Crippen molar-refractivity contribution < 1.29 is 13.9 Å². The summed E-state index contributed by atoms with van der Waals surface area (Å²) in [7, 11) is 1.80. The smallest absolute Gasteiger partial charge is 0.237 e. The maximum absolute atomic E-state index is 13.0. The molecular weight excluding hydrogens is 403 g/mol. The molecule has 28 heavy (non-hydrogen) atoms. The number of anilines is 1. The zero-order valence-electron chi connectivity index (χ0n) is 15.2. The molecule has 6 nitrogen and oxygen atoms in total. The van der Waals surface area contributed by atoms with Gasteiger partial charge in [0.25, 0.3) is 0 Å². The van der Waals surface area contributed by atoms with Crippen molar-refractivity contribution in [2.24, 2.45) is 7.05 Å². The van der Waals surface area contributed by atoms with Gasteiger partial charge in [0.15, 0.2) is 11.0 Å². The van der Waals surface area contributed by atoms with Crippen LogP contribution in [-0.4, -0.2) is 25.9 Å².